The van der Waals surface area contributed by atoms with Gasteiger partial charge in [-0.2, -0.15) is 0 Å². The summed E-state index contributed by atoms with van der Waals surface area (Å²) >= 11 is -2.42. The maximum atomic E-state index is 6.29. The fourth-order valence-corrected chi connectivity index (χ4v) is 18.5. The molecule has 3 heteroatoms. The van der Waals surface area contributed by atoms with Crippen molar-refractivity contribution in [3.05, 3.63) is 12.1 Å². The van der Waals surface area contributed by atoms with E-state index in [0.717, 1.165) is 5.95 Å². The van der Waals surface area contributed by atoms with Crippen LogP contribution in [-0.2, 0) is 0 Å². The molecule has 0 aliphatic carbocycles. The van der Waals surface area contributed by atoms with Gasteiger partial charge in [-0.05, 0) is 0 Å². The SMILES string of the molecule is CCC[CH2][Sn]([CH2]CCC)([CH2]CCC)[c]1ccc(OC(C)(C)C)o1. The molecule has 1 aromatic rings. The summed E-state index contributed by atoms with van der Waals surface area (Å²) in [6.07, 6.45) is 7.97. The van der Waals surface area contributed by atoms with Crippen LogP contribution >= 0.6 is 0 Å². The summed E-state index contributed by atoms with van der Waals surface area (Å²) in [7, 11) is 0. The molecule has 134 valence electrons. The molecule has 0 saturated carbocycles. The Bertz CT molecular complexity index is 409. The third-order valence-corrected chi connectivity index (χ3v) is 19.5. The third-order valence-electron chi connectivity index (χ3n) is 4.54. The summed E-state index contributed by atoms with van der Waals surface area (Å²) in [5.41, 5.74) is -0.191. The fraction of sp³-hybridized carbons (Fsp3) is 0.800. The Morgan fingerprint density at radius 1 is 0.870 bits per heavy atom. The van der Waals surface area contributed by atoms with E-state index in [1.807, 2.05) is 0 Å². The summed E-state index contributed by atoms with van der Waals surface area (Å²) in [4.78, 5) is 0. The van der Waals surface area contributed by atoms with E-state index in [1.165, 1.54) is 55.6 Å². The topological polar surface area (TPSA) is 22.4 Å². The van der Waals surface area contributed by atoms with E-state index in [-0.39, 0.29) is 5.60 Å². The summed E-state index contributed by atoms with van der Waals surface area (Å²) in [6.45, 7) is 13.2. The molecule has 1 heterocycles. The first kappa shape index (κ1) is 20.9. The van der Waals surface area contributed by atoms with Crippen LogP contribution in [0.15, 0.2) is 16.5 Å². The molecule has 0 aliphatic heterocycles. The van der Waals surface area contributed by atoms with E-state index < -0.39 is 18.4 Å². The predicted octanol–water partition coefficient (Wildman–Crippen LogP) is 6.51. The van der Waals surface area contributed by atoms with Gasteiger partial charge in [-0.3, -0.25) is 0 Å². The van der Waals surface area contributed by atoms with E-state index in [1.54, 1.807) is 0 Å². The average Bonchev–Trinajstić information content (AvgIpc) is 2.94. The van der Waals surface area contributed by atoms with Crippen LogP contribution in [0.4, 0.5) is 0 Å². The zero-order valence-electron chi connectivity index (χ0n) is 16.3. The molecule has 0 bridgehead atoms. The number of rotatable bonds is 11. The van der Waals surface area contributed by atoms with E-state index in [0.29, 0.717) is 0 Å². The molecule has 1 rings (SSSR count). The normalized spacial score (nSPS) is 12.6. The average molecular weight is 429 g/mol. The van der Waals surface area contributed by atoms with E-state index in [2.05, 4.69) is 53.7 Å². The van der Waals surface area contributed by atoms with Crippen LogP contribution in [0, 0.1) is 0 Å². The molecule has 0 spiro atoms. The van der Waals surface area contributed by atoms with Gasteiger partial charge in [-0.25, -0.2) is 0 Å². The molecule has 0 amide bonds. The van der Waals surface area contributed by atoms with Crippen LogP contribution in [0.3, 0.4) is 0 Å². The van der Waals surface area contributed by atoms with Gasteiger partial charge in [-0.15, -0.1) is 0 Å². The minimum atomic E-state index is -2.42. The van der Waals surface area contributed by atoms with Gasteiger partial charge in [0.1, 0.15) is 0 Å². The number of furan rings is 1. The quantitative estimate of drug-likeness (QED) is 0.374. The van der Waals surface area contributed by atoms with Gasteiger partial charge >= 0.3 is 148 Å². The van der Waals surface area contributed by atoms with Crippen LogP contribution in [-0.4, -0.2) is 24.0 Å². The molecule has 23 heavy (non-hydrogen) atoms. The zero-order chi connectivity index (χ0) is 17.3. The molecule has 0 aliphatic rings. The van der Waals surface area contributed by atoms with Crippen LogP contribution in [0.2, 0.25) is 13.3 Å². The van der Waals surface area contributed by atoms with E-state index in [4.69, 9.17) is 9.15 Å². The first-order valence-electron chi connectivity index (χ1n) is 9.66. The Kier molecular flexibility index (Phi) is 9.10. The molecule has 0 N–H and O–H groups in total. The molecule has 0 unspecified atom stereocenters. The van der Waals surface area contributed by atoms with Gasteiger partial charge in [0.2, 0.25) is 0 Å². The summed E-state index contributed by atoms with van der Waals surface area (Å²) in [6, 6.07) is 4.33. The molecule has 0 fully saturated rings. The number of hydrogen-bond acceptors (Lipinski definition) is 2. The molecule has 2 nitrogen and oxygen atoms in total. The van der Waals surface area contributed by atoms with Crippen LogP contribution < -0.4 is 8.51 Å². The van der Waals surface area contributed by atoms with Gasteiger partial charge < -0.3 is 0 Å². The molecular formula is C20H38O2Sn. The molecule has 1 aromatic heterocycles. The zero-order valence-corrected chi connectivity index (χ0v) is 19.2. The van der Waals surface area contributed by atoms with Crippen molar-refractivity contribution in [2.45, 2.75) is 99.0 Å². The van der Waals surface area contributed by atoms with Crippen molar-refractivity contribution in [3.8, 4) is 5.95 Å². The Hall–Kier alpha value is -0.121. The fourth-order valence-electron chi connectivity index (χ4n) is 3.25. The Labute approximate surface area is 148 Å². The molecular weight excluding hydrogens is 391 g/mol. The third kappa shape index (κ3) is 7.11. The minimum absolute atomic E-state index is 0.191. The molecule has 0 radical (unpaired) electrons. The van der Waals surface area contributed by atoms with E-state index >= 15 is 0 Å². The Balaban J connectivity index is 3.03. The molecule has 0 atom stereocenters. The maximum absolute atomic E-state index is 6.29. The van der Waals surface area contributed by atoms with E-state index in [9.17, 15) is 0 Å². The second-order valence-electron chi connectivity index (χ2n) is 7.92. The van der Waals surface area contributed by atoms with Crippen molar-refractivity contribution in [2.75, 3.05) is 0 Å². The van der Waals surface area contributed by atoms with Crippen LogP contribution in [0.25, 0.3) is 0 Å². The number of hydrogen-bond donors (Lipinski definition) is 0. The van der Waals surface area contributed by atoms with Gasteiger partial charge in [0.15, 0.2) is 0 Å². The van der Waals surface area contributed by atoms with Crippen LogP contribution in [0.1, 0.15) is 80.1 Å². The first-order chi connectivity index (χ1) is 10.9. The summed E-state index contributed by atoms with van der Waals surface area (Å²) in [5, 5.41) is 0. The Morgan fingerprint density at radius 2 is 1.35 bits per heavy atom. The standard InChI is InChI=1S/C8H11O2.3C4H9.Sn/c1-8(2,3)10-7-5-4-6-9-7;3*1-3-4-2;/h4-5H,1-3H3;3*1,3-4H2,2H3;. The number of unbranched alkanes of at least 4 members (excludes halogenated alkanes) is 3. The van der Waals surface area contributed by atoms with Gasteiger partial charge in [-0.1, -0.05) is 0 Å². The van der Waals surface area contributed by atoms with Crippen molar-refractivity contribution in [3.63, 3.8) is 0 Å². The Morgan fingerprint density at radius 3 is 1.74 bits per heavy atom. The first-order valence-corrected chi connectivity index (χ1v) is 17.1. The molecule has 0 saturated heterocycles. The van der Waals surface area contributed by atoms with Gasteiger partial charge in [0.05, 0.1) is 0 Å². The van der Waals surface area contributed by atoms with Gasteiger partial charge in [0, 0.05) is 0 Å². The molecule has 0 aromatic carbocycles. The summed E-state index contributed by atoms with van der Waals surface area (Å²) in [5.74, 6) is 0.720. The monoisotopic (exact) mass is 430 g/mol. The second-order valence-corrected chi connectivity index (χ2v) is 20.9. The number of ether oxygens (including phenoxy) is 1. The van der Waals surface area contributed by atoms with Crippen molar-refractivity contribution in [2.24, 2.45) is 0 Å². The van der Waals surface area contributed by atoms with Crippen molar-refractivity contribution in [1.29, 1.82) is 0 Å². The predicted molar refractivity (Wildman–Crippen MR) is 104 cm³/mol. The van der Waals surface area contributed by atoms with Crippen molar-refractivity contribution >= 4 is 22.2 Å². The van der Waals surface area contributed by atoms with Gasteiger partial charge in [0.25, 0.3) is 0 Å². The van der Waals surface area contributed by atoms with Crippen LogP contribution in [0.5, 0.6) is 5.95 Å². The second kappa shape index (κ2) is 10.0. The van der Waals surface area contributed by atoms with Crippen molar-refractivity contribution in [1.82, 2.24) is 0 Å². The summed E-state index contributed by atoms with van der Waals surface area (Å²) < 4.78 is 17.9. The van der Waals surface area contributed by atoms with Crippen molar-refractivity contribution < 1.29 is 9.15 Å².